The van der Waals surface area contributed by atoms with Crippen molar-refractivity contribution in [3.63, 3.8) is 0 Å². The second-order valence-corrected chi connectivity index (χ2v) is 6.93. The van der Waals surface area contributed by atoms with Crippen molar-refractivity contribution in [3.8, 4) is 16.9 Å². The summed E-state index contributed by atoms with van der Waals surface area (Å²) in [4.78, 5) is 12.5. The molecule has 3 aromatic rings. The van der Waals surface area contributed by atoms with Crippen LogP contribution in [0, 0.1) is 11.6 Å². The smallest absolute Gasteiger partial charge is 0.274 e. The maximum atomic E-state index is 14.8. The van der Waals surface area contributed by atoms with Crippen molar-refractivity contribution in [1.29, 1.82) is 0 Å². The third kappa shape index (κ3) is 3.35. The van der Waals surface area contributed by atoms with Crippen molar-refractivity contribution < 1.29 is 18.3 Å². The third-order valence-corrected chi connectivity index (χ3v) is 5.10. The van der Waals surface area contributed by atoms with Gasteiger partial charge in [0, 0.05) is 11.4 Å². The highest BCUT2D eigenvalue weighted by Crippen LogP contribution is 2.39. The van der Waals surface area contributed by atoms with Crippen molar-refractivity contribution in [2.75, 3.05) is 12.3 Å². The number of fused-ring (bicyclic) bond motifs is 1. The van der Waals surface area contributed by atoms with Gasteiger partial charge in [-0.05, 0) is 50.5 Å². The van der Waals surface area contributed by atoms with E-state index in [1.165, 1.54) is 24.3 Å². The molecule has 6 nitrogen and oxygen atoms in total. The van der Waals surface area contributed by atoms with E-state index < -0.39 is 17.5 Å². The van der Waals surface area contributed by atoms with Gasteiger partial charge in [0.25, 0.3) is 5.91 Å². The van der Waals surface area contributed by atoms with E-state index in [1.54, 1.807) is 13.0 Å². The lowest BCUT2D eigenvalue weighted by Crippen LogP contribution is -2.40. The Morgan fingerprint density at radius 2 is 1.93 bits per heavy atom. The van der Waals surface area contributed by atoms with Crippen LogP contribution >= 0.6 is 0 Å². The summed E-state index contributed by atoms with van der Waals surface area (Å²) in [5, 5.41) is 11.1. The fourth-order valence-electron chi connectivity index (χ4n) is 3.40. The number of carbonyl (C=O) groups excluding carboxylic acids is 1. The van der Waals surface area contributed by atoms with Crippen molar-refractivity contribution >= 4 is 22.5 Å². The van der Waals surface area contributed by atoms with Gasteiger partial charge >= 0.3 is 0 Å². The van der Waals surface area contributed by atoms with Gasteiger partial charge in [-0.25, -0.2) is 8.78 Å². The van der Waals surface area contributed by atoms with Crippen molar-refractivity contribution in [2.24, 2.45) is 0 Å². The largest absolute Gasteiger partial charge is 0.493 e. The quantitative estimate of drug-likeness (QED) is 0.682. The highest BCUT2D eigenvalue weighted by molar-refractivity contribution is 6.08. The topological polar surface area (TPSA) is 90.1 Å². The van der Waals surface area contributed by atoms with Crippen LogP contribution in [0.4, 0.5) is 14.5 Å². The molecule has 1 aliphatic carbocycles. The highest BCUT2D eigenvalue weighted by Gasteiger charge is 2.25. The van der Waals surface area contributed by atoms with Crippen LogP contribution in [0.5, 0.6) is 5.75 Å². The van der Waals surface area contributed by atoms with Gasteiger partial charge in [-0.3, -0.25) is 4.79 Å². The zero-order valence-electron chi connectivity index (χ0n) is 15.8. The van der Waals surface area contributed by atoms with Gasteiger partial charge in [0.05, 0.1) is 23.4 Å². The summed E-state index contributed by atoms with van der Waals surface area (Å²) in [6.45, 7) is 2.03. The molecule has 0 aliphatic heterocycles. The molecule has 0 unspecified atom stereocenters. The van der Waals surface area contributed by atoms with Crippen molar-refractivity contribution in [3.05, 3.63) is 47.7 Å². The lowest BCUT2D eigenvalue weighted by molar-refractivity contribution is 0.0912. The van der Waals surface area contributed by atoms with Gasteiger partial charge in [-0.15, -0.1) is 10.2 Å². The van der Waals surface area contributed by atoms with Crippen LogP contribution < -0.4 is 15.8 Å². The molecule has 1 heterocycles. The first-order valence-electron chi connectivity index (χ1n) is 9.48. The number of aromatic nitrogens is 2. The van der Waals surface area contributed by atoms with Crippen LogP contribution in [0.3, 0.4) is 0 Å². The molecule has 150 valence electrons. The Balaban J connectivity index is 1.87. The van der Waals surface area contributed by atoms with Crippen LogP contribution in [-0.4, -0.2) is 28.8 Å². The standard InChI is InChI=1S/C21H20F2N4O2/c1-2-29-15-8-4-7-13(22)16(15)17-14(23)10-9-12-18(24)20(27-26-19(12)17)21(28)25-11-5-3-6-11/h4,7-11H,2-3,5-6H2,1H3,(H2,24,26)(H,25,28). The molecule has 8 heteroatoms. The molecule has 1 saturated carbocycles. The number of amides is 1. The van der Waals surface area contributed by atoms with E-state index in [4.69, 9.17) is 10.5 Å². The number of nitrogens with one attached hydrogen (secondary N) is 1. The molecule has 0 spiro atoms. The van der Waals surface area contributed by atoms with E-state index in [9.17, 15) is 13.6 Å². The summed E-state index contributed by atoms with van der Waals surface area (Å²) >= 11 is 0. The molecule has 4 rings (SSSR count). The molecule has 29 heavy (non-hydrogen) atoms. The number of nitrogens with two attached hydrogens (primary N) is 1. The number of nitrogen functional groups attached to an aromatic ring is 1. The van der Waals surface area contributed by atoms with Gasteiger partial charge in [0.1, 0.15) is 22.9 Å². The number of hydrogen-bond donors (Lipinski definition) is 2. The molecule has 2 aromatic carbocycles. The predicted octanol–water partition coefficient (Wildman–Crippen LogP) is 3.84. The number of benzene rings is 2. The summed E-state index contributed by atoms with van der Waals surface area (Å²) < 4.78 is 35.0. The Bertz CT molecular complexity index is 1100. The fourth-order valence-corrected chi connectivity index (χ4v) is 3.40. The number of carbonyl (C=O) groups is 1. The van der Waals surface area contributed by atoms with Gasteiger partial charge in [-0.1, -0.05) is 6.07 Å². The SMILES string of the molecule is CCOc1cccc(F)c1-c1c(F)ccc2c(N)c(C(=O)NC3CCC3)nnc12. The van der Waals surface area contributed by atoms with Gasteiger partial charge < -0.3 is 15.8 Å². The predicted molar refractivity (Wildman–Crippen MR) is 106 cm³/mol. The molecule has 1 aliphatic rings. The zero-order chi connectivity index (χ0) is 20.5. The monoisotopic (exact) mass is 398 g/mol. The number of ether oxygens (including phenoxy) is 1. The van der Waals surface area contributed by atoms with E-state index in [0.717, 1.165) is 19.3 Å². The maximum Gasteiger partial charge on any atom is 0.274 e. The molecule has 1 amide bonds. The molecule has 1 aromatic heterocycles. The molecular weight excluding hydrogens is 378 g/mol. The summed E-state index contributed by atoms with van der Waals surface area (Å²) in [7, 11) is 0. The summed E-state index contributed by atoms with van der Waals surface area (Å²) in [6, 6.07) is 6.95. The summed E-state index contributed by atoms with van der Waals surface area (Å²) in [6.07, 6.45) is 2.89. The van der Waals surface area contributed by atoms with Crippen LogP contribution in [0.25, 0.3) is 22.0 Å². The molecule has 0 atom stereocenters. The molecule has 0 radical (unpaired) electrons. The van der Waals surface area contributed by atoms with E-state index in [2.05, 4.69) is 15.5 Å². The Kier molecular flexibility index (Phi) is 5.00. The normalized spacial score (nSPS) is 13.9. The zero-order valence-corrected chi connectivity index (χ0v) is 15.8. The minimum atomic E-state index is -0.691. The van der Waals surface area contributed by atoms with Crippen molar-refractivity contribution in [1.82, 2.24) is 15.5 Å². The molecule has 0 bridgehead atoms. The number of anilines is 1. The van der Waals surface area contributed by atoms with Gasteiger partial charge in [0.15, 0.2) is 5.69 Å². The molecule has 3 N–H and O–H groups in total. The second kappa shape index (κ2) is 7.62. The lowest BCUT2D eigenvalue weighted by atomic mass is 9.93. The minimum absolute atomic E-state index is 0.0273. The van der Waals surface area contributed by atoms with E-state index >= 15 is 0 Å². The Hall–Kier alpha value is -3.29. The average Bonchev–Trinajstić information content (AvgIpc) is 2.66. The summed E-state index contributed by atoms with van der Waals surface area (Å²) in [5.41, 5.74) is 6.12. The van der Waals surface area contributed by atoms with Gasteiger partial charge in [0.2, 0.25) is 0 Å². The first-order chi connectivity index (χ1) is 14.0. The van der Waals surface area contributed by atoms with Crippen LogP contribution in [-0.2, 0) is 0 Å². The van der Waals surface area contributed by atoms with E-state index in [-0.39, 0.29) is 46.4 Å². The van der Waals surface area contributed by atoms with E-state index in [1.807, 2.05) is 0 Å². The van der Waals surface area contributed by atoms with E-state index in [0.29, 0.717) is 5.39 Å². The molecule has 0 saturated heterocycles. The minimum Gasteiger partial charge on any atom is -0.493 e. The molecular formula is C21H20F2N4O2. The fraction of sp³-hybridized carbons (Fsp3) is 0.286. The maximum absolute atomic E-state index is 14.8. The third-order valence-electron chi connectivity index (χ3n) is 5.10. The first kappa shape index (κ1) is 19.0. The number of halogens is 2. The Morgan fingerprint density at radius 3 is 2.62 bits per heavy atom. The van der Waals surface area contributed by atoms with Crippen LogP contribution in [0.15, 0.2) is 30.3 Å². The van der Waals surface area contributed by atoms with Crippen LogP contribution in [0.1, 0.15) is 36.7 Å². The first-order valence-corrected chi connectivity index (χ1v) is 9.48. The second-order valence-electron chi connectivity index (χ2n) is 6.93. The van der Waals surface area contributed by atoms with Crippen molar-refractivity contribution in [2.45, 2.75) is 32.2 Å². The Labute approximate surface area is 166 Å². The lowest BCUT2D eigenvalue weighted by Gasteiger charge is -2.26. The number of nitrogens with zero attached hydrogens (tertiary/aromatic N) is 2. The molecule has 1 fully saturated rings. The van der Waals surface area contributed by atoms with Gasteiger partial charge in [-0.2, -0.15) is 0 Å². The number of hydrogen-bond acceptors (Lipinski definition) is 5. The summed E-state index contributed by atoms with van der Waals surface area (Å²) in [5.74, 6) is -1.59. The Morgan fingerprint density at radius 1 is 1.17 bits per heavy atom. The average molecular weight is 398 g/mol. The highest BCUT2D eigenvalue weighted by atomic mass is 19.1. The van der Waals surface area contributed by atoms with Crippen LogP contribution in [0.2, 0.25) is 0 Å². The number of rotatable bonds is 5.